The molecule has 0 unspecified atom stereocenters. The largest absolute Gasteiger partial charge is 0.424 e. The number of nitrogens with one attached hydrogen (secondary N) is 1. The molecule has 0 atom stereocenters. The fraction of sp³-hybridized carbons (Fsp3) is 0.333. The van der Waals surface area contributed by atoms with Crippen LogP contribution in [0.15, 0.2) is 35.1 Å². The third-order valence-electron chi connectivity index (χ3n) is 2.61. The van der Waals surface area contributed by atoms with Gasteiger partial charge in [-0.05, 0) is 24.6 Å². The number of halogens is 2. The first-order valence-electron chi connectivity index (χ1n) is 6.68. The van der Waals surface area contributed by atoms with Gasteiger partial charge in [0, 0.05) is 35.0 Å². The lowest BCUT2D eigenvalue weighted by molar-refractivity contribution is 0.436. The smallest absolute Gasteiger partial charge is 0.321 e. The van der Waals surface area contributed by atoms with E-state index in [1.165, 1.54) is 12.1 Å². The summed E-state index contributed by atoms with van der Waals surface area (Å²) in [4.78, 5) is 8.24. The van der Waals surface area contributed by atoms with Crippen LogP contribution in [0.25, 0.3) is 0 Å². The Bertz CT molecular complexity index is 570. The van der Waals surface area contributed by atoms with Crippen molar-refractivity contribution >= 4 is 15.9 Å². The van der Waals surface area contributed by atoms with Crippen molar-refractivity contribution in [3.63, 3.8) is 0 Å². The lowest BCUT2D eigenvalue weighted by Crippen LogP contribution is -2.19. The van der Waals surface area contributed by atoms with Crippen molar-refractivity contribution in [2.45, 2.75) is 20.4 Å². The van der Waals surface area contributed by atoms with Crippen molar-refractivity contribution in [1.29, 1.82) is 0 Å². The Morgan fingerprint density at radius 2 is 1.95 bits per heavy atom. The molecule has 1 N–H and O–H groups in total. The Labute approximate surface area is 131 Å². The first-order chi connectivity index (χ1) is 10.0. The van der Waals surface area contributed by atoms with E-state index in [1.54, 1.807) is 18.5 Å². The zero-order valence-corrected chi connectivity index (χ0v) is 13.5. The molecule has 0 bridgehead atoms. The molecule has 0 radical (unpaired) electrons. The monoisotopic (exact) mass is 353 g/mol. The summed E-state index contributed by atoms with van der Waals surface area (Å²) in [5.41, 5.74) is 0.975. The van der Waals surface area contributed by atoms with Crippen LogP contribution in [-0.4, -0.2) is 16.5 Å². The van der Waals surface area contributed by atoms with Gasteiger partial charge in [0.25, 0.3) is 0 Å². The molecule has 6 heteroatoms. The van der Waals surface area contributed by atoms with Crippen LogP contribution in [0.3, 0.4) is 0 Å². The highest BCUT2D eigenvalue weighted by Crippen LogP contribution is 2.23. The molecule has 21 heavy (non-hydrogen) atoms. The SMILES string of the molecule is CC(C)CNCc1cnc(Oc2cc(F)cc(Br)c2)nc1. The van der Waals surface area contributed by atoms with Gasteiger partial charge in [-0.2, -0.15) is 0 Å². The van der Waals surface area contributed by atoms with Crippen LogP contribution < -0.4 is 10.1 Å². The quantitative estimate of drug-likeness (QED) is 0.854. The summed E-state index contributed by atoms with van der Waals surface area (Å²) in [7, 11) is 0. The Morgan fingerprint density at radius 3 is 2.57 bits per heavy atom. The second-order valence-corrected chi connectivity index (χ2v) is 6.02. The van der Waals surface area contributed by atoms with E-state index in [2.05, 4.69) is 45.1 Å². The normalized spacial score (nSPS) is 10.9. The molecule has 0 aliphatic carbocycles. The minimum absolute atomic E-state index is 0.195. The molecule has 0 saturated carbocycles. The van der Waals surface area contributed by atoms with E-state index in [4.69, 9.17) is 4.74 Å². The molecule has 0 aliphatic rings. The Kier molecular flexibility index (Phi) is 5.64. The highest BCUT2D eigenvalue weighted by atomic mass is 79.9. The number of hydrogen-bond donors (Lipinski definition) is 1. The molecule has 0 saturated heterocycles. The number of rotatable bonds is 6. The summed E-state index contributed by atoms with van der Waals surface area (Å²) in [5.74, 6) is 0.571. The maximum absolute atomic E-state index is 13.2. The van der Waals surface area contributed by atoms with Crippen LogP contribution in [0.2, 0.25) is 0 Å². The van der Waals surface area contributed by atoms with Crippen LogP contribution in [0.1, 0.15) is 19.4 Å². The molecule has 112 valence electrons. The molecule has 4 nitrogen and oxygen atoms in total. The van der Waals surface area contributed by atoms with Crippen LogP contribution in [-0.2, 0) is 6.54 Å². The van der Waals surface area contributed by atoms with Crippen molar-refractivity contribution in [2.75, 3.05) is 6.54 Å². The molecule has 0 aliphatic heterocycles. The van der Waals surface area contributed by atoms with Gasteiger partial charge < -0.3 is 10.1 Å². The molecular weight excluding hydrogens is 337 g/mol. The molecule has 2 rings (SSSR count). The molecule has 1 heterocycles. The summed E-state index contributed by atoms with van der Waals surface area (Å²) in [6.45, 7) is 5.95. The third-order valence-corrected chi connectivity index (χ3v) is 3.07. The summed E-state index contributed by atoms with van der Waals surface area (Å²) in [6.07, 6.45) is 3.40. The van der Waals surface area contributed by atoms with Gasteiger partial charge in [-0.25, -0.2) is 14.4 Å². The summed E-state index contributed by atoms with van der Waals surface area (Å²) in [5, 5.41) is 3.31. The van der Waals surface area contributed by atoms with E-state index >= 15 is 0 Å². The Balaban J connectivity index is 1.95. The molecule has 0 amide bonds. The molecule has 2 aromatic rings. The van der Waals surface area contributed by atoms with E-state index in [1.807, 2.05) is 0 Å². The van der Waals surface area contributed by atoms with Crippen molar-refractivity contribution in [3.8, 4) is 11.8 Å². The second kappa shape index (κ2) is 7.47. The van der Waals surface area contributed by atoms with E-state index in [0.717, 1.165) is 12.1 Å². The summed E-state index contributed by atoms with van der Waals surface area (Å²) >= 11 is 3.21. The van der Waals surface area contributed by atoms with Gasteiger partial charge in [0.2, 0.25) is 0 Å². The Morgan fingerprint density at radius 1 is 1.24 bits per heavy atom. The van der Waals surface area contributed by atoms with E-state index in [0.29, 0.717) is 22.7 Å². The van der Waals surface area contributed by atoms with Gasteiger partial charge in [0.1, 0.15) is 11.6 Å². The van der Waals surface area contributed by atoms with Gasteiger partial charge in [0.15, 0.2) is 0 Å². The number of nitrogens with zero attached hydrogens (tertiary/aromatic N) is 2. The second-order valence-electron chi connectivity index (χ2n) is 5.11. The summed E-state index contributed by atoms with van der Waals surface area (Å²) in [6, 6.07) is 4.49. The van der Waals surface area contributed by atoms with Gasteiger partial charge in [-0.3, -0.25) is 0 Å². The van der Waals surface area contributed by atoms with Gasteiger partial charge in [-0.1, -0.05) is 29.8 Å². The van der Waals surface area contributed by atoms with Gasteiger partial charge >= 0.3 is 6.01 Å². The summed E-state index contributed by atoms with van der Waals surface area (Å²) < 4.78 is 19.3. The predicted octanol–water partition coefficient (Wildman–Crippen LogP) is 3.92. The van der Waals surface area contributed by atoms with Crippen LogP contribution in [0.4, 0.5) is 4.39 Å². The number of benzene rings is 1. The van der Waals surface area contributed by atoms with E-state index in [9.17, 15) is 4.39 Å². The maximum Gasteiger partial charge on any atom is 0.321 e. The third kappa shape index (κ3) is 5.40. The topological polar surface area (TPSA) is 47.0 Å². The average Bonchev–Trinajstić information content (AvgIpc) is 2.39. The highest BCUT2D eigenvalue weighted by molar-refractivity contribution is 9.10. The lowest BCUT2D eigenvalue weighted by atomic mass is 10.2. The molecular formula is C15H17BrFN3O. The first kappa shape index (κ1) is 15.9. The van der Waals surface area contributed by atoms with E-state index in [-0.39, 0.29) is 11.8 Å². The number of hydrogen-bond acceptors (Lipinski definition) is 4. The van der Waals surface area contributed by atoms with Crippen LogP contribution >= 0.6 is 15.9 Å². The number of aromatic nitrogens is 2. The zero-order valence-electron chi connectivity index (χ0n) is 11.9. The van der Waals surface area contributed by atoms with Gasteiger partial charge in [-0.15, -0.1) is 0 Å². The lowest BCUT2D eigenvalue weighted by Gasteiger charge is -2.08. The molecule has 1 aromatic heterocycles. The minimum atomic E-state index is -0.381. The Hall–Kier alpha value is -1.53. The van der Waals surface area contributed by atoms with Crippen LogP contribution in [0.5, 0.6) is 11.8 Å². The highest BCUT2D eigenvalue weighted by Gasteiger charge is 2.04. The van der Waals surface area contributed by atoms with Crippen molar-refractivity contribution in [3.05, 3.63) is 46.4 Å². The molecule has 0 spiro atoms. The van der Waals surface area contributed by atoms with Crippen LogP contribution in [0, 0.1) is 11.7 Å². The average molecular weight is 354 g/mol. The van der Waals surface area contributed by atoms with Gasteiger partial charge in [0.05, 0.1) is 0 Å². The standard InChI is InChI=1S/C15H17BrFN3O/c1-10(2)6-18-7-11-8-19-15(20-9-11)21-14-4-12(16)3-13(17)5-14/h3-5,8-10,18H,6-7H2,1-2H3. The van der Waals surface area contributed by atoms with E-state index < -0.39 is 0 Å². The molecule has 0 fully saturated rings. The fourth-order valence-corrected chi connectivity index (χ4v) is 2.13. The van der Waals surface area contributed by atoms with Crippen molar-refractivity contribution in [1.82, 2.24) is 15.3 Å². The fourth-order valence-electron chi connectivity index (χ4n) is 1.68. The maximum atomic E-state index is 13.2. The van der Waals surface area contributed by atoms with Crippen molar-refractivity contribution in [2.24, 2.45) is 5.92 Å². The minimum Gasteiger partial charge on any atom is -0.424 e. The number of ether oxygens (including phenoxy) is 1. The van der Waals surface area contributed by atoms with Crippen molar-refractivity contribution < 1.29 is 9.13 Å². The molecule has 1 aromatic carbocycles. The predicted molar refractivity (Wildman–Crippen MR) is 82.8 cm³/mol. The first-order valence-corrected chi connectivity index (χ1v) is 7.48. The zero-order chi connectivity index (χ0) is 15.2.